The summed E-state index contributed by atoms with van der Waals surface area (Å²) in [5.41, 5.74) is 1.41. The van der Waals surface area contributed by atoms with E-state index in [0.717, 1.165) is 52.1 Å². The van der Waals surface area contributed by atoms with E-state index in [2.05, 4.69) is 47.5 Å². The Bertz CT molecular complexity index is 413. The molecule has 1 saturated heterocycles. The van der Waals surface area contributed by atoms with E-state index in [-0.39, 0.29) is 6.03 Å². The molecule has 0 unspecified atom stereocenters. The number of nitrogens with one attached hydrogen (secondary N) is 1. The quantitative estimate of drug-likeness (QED) is 0.872. The second-order valence-electron chi connectivity index (χ2n) is 5.65. The first kappa shape index (κ1) is 15.8. The number of carbonyl (C=O) groups is 1. The minimum absolute atomic E-state index is 0.0979. The molecule has 2 rings (SSSR count). The van der Waals surface area contributed by atoms with Gasteiger partial charge in [-0.2, -0.15) is 0 Å². The van der Waals surface area contributed by atoms with Gasteiger partial charge in [-0.3, -0.25) is 4.90 Å². The number of hydrogen-bond donors (Lipinski definition) is 1. The van der Waals surface area contributed by atoms with Crippen molar-refractivity contribution in [3.63, 3.8) is 0 Å². The summed E-state index contributed by atoms with van der Waals surface area (Å²) in [5, 5.41) is 2.95. The Morgan fingerprint density at radius 3 is 2.52 bits per heavy atom. The minimum atomic E-state index is 0.0979. The summed E-state index contributed by atoms with van der Waals surface area (Å²) in [6, 6.07) is 10.7. The highest BCUT2D eigenvalue weighted by Gasteiger charge is 2.20. The molecule has 1 N–H and O–H groups in total. The van der Waals surface area contributed by atoms with E-state index in [1.807, 2.05) is 4.90 Å². The molecule has 0 atom stereocenters. The standard InChI is InChI=1S/C17H27N3O/c1-2-10-18-17(21)20-14-12-19(13-15-20)11-6-9-16-7-4-3-5-8-16/h3-5,7-8H,2,6,9-15H2,1H3,(H,18,21). The fourth-order valence-electron chi connectivity index (χ4n) is 2.67. The molecule has 0 aromatic heterocycles. The summed E-state index contributed by atoms with van der Waals surface area (Å²) < 4.78 is 0. The van der Waals surface area contributed by atoms with Crippen LogP contribution in [0.1, 0.15) is 25.3 Å². The molecular formula is C17H27N3O. The van der Waals surface area contributed by atoms with Crippen molar-refractivity contribution in [1.82, 2.24) is 15.1 Å². The van der Waals surface area contributed by atoms with Crippen LogP contribution in [0.25, 0.3) is 0 Å². The number of nitrogens with zero attached hydrogens (tertiary/aromatic N) is 2. The monoisotopic (exact) mass is 289 g/mol. The molecule has 0 bridgehead atoms. The second kappa shape index (κ2) is 8.67. The van der Waals surface area contributed by atoms with Crippen molar-refractivity contribution in [2.24, 2.45) is 0 Å². The number of hydrogen-bond acceptors (Lipinski definition) is 2. The zero-order valence-electron chi connectivity index (χ0n) is 13.1. The predicted molar refractivity (Wildman–Crippen MR) is 86.5 cm³/mol. The van der Waals surface area contributed by atoms with Crippen LogP contribution in [0.5, 0.6) is 0 Å². The molecule has 0 aliphatic carbocycles. The third-order valence-electron chi connectivity index (χ3n) is 3.97. The van der Waals surface area contributed by atoms with Crippen LogP contribution in [-0.4, -0.2) is 55.1 Å². The van der Waals surface area contributed by atoms with Gasteiger partial charge in [-0.1, -0.05) is 37.3 Å². The number of piperazine rings is 1. The summed E-state index contributed by atoms with van der Waals surface area (Å²) >= 11 is 0. The van der Waals surface area contributed by atoms with Crippen molar-refractivity contribution in [3.05, 3.63) is 35.9 Å². The minimum Gasteiger partial charge on any atom is -0.338 e. The normalized spacial score (nSPS) is 16.0. The van der Waals surface area contributed by atoms with Crippen molar-refractivity contribution < 1.29 is 4.79 Å². The molecule has 116 valence electrons. The molecule has 1 fully saturated rings. The van der Waals surface area contributed by atoms with Crippen molar-refractivity contribution in [2.45, 2.75) is 26.2 Å². The zero-order valence-corrected chi connectivity index (χ0v) is 13.1. The number of amides is 2. The Hall–Kier alpha value is -1.55. The molecule has 1 aromatic rings. The Kier molecular flexibility index (Phi) is 6.54. The molecule has 1 heterocycles. The molecule has 4 nitrogen and oxygen atoms in total. The van der Waals surface area contributed by atoms with Gasteiger partial charge in [0.2, 0.25) is 0 Å². The van der Waals surface area contributed by atoms with Crippen LogP contribution in [0.2, 0.25) is 0 Å². The van der Waals surface area contributed by atoms with Crippen LogP contribution < -0.4 is 5.32 Å². The highest BCUT2D eigenvalue weighted by Crippen LogP contribution is 2.06. The van der Waals surface area contributed by atoms with E-state index in [9.17, 15) is 4.79 Å². The van der Waals surface area contributed by atoms with Crippen LogP contribution in [0.15, 0.2) is 30.3 Å². The average molecular weight is 289 g/mol. The fraction of sp³-hybridized carbons (Fsp3) is 0.588. The summed E-state index contributed by atoms with van der Waals surface area (Å²) in [6.07, 6.45) is 3.31. The molecule has 1 aliphatic rings. The molecule has 0 saturated carbocycles. The lowest BCUT2D eigenvalue weighted by Crippen LogP contribution is -2.52. The Morgan fingerprint density at radius 1 is 1.14 bits per heavy atom. The smallest absolute Gasteiger partial charge is 0.317 e. The van der Waals surface area contributed by atoms with Gasteiger partial charge in [0, 0.05) is 32.7 Å². The third kappa shape index (κ3) is 5.38. The molecule has 21 heavy (non-hydrogen) atoms. The highest BCUT2D eigenvalue weighted by molar-refractivity contribution is 5.74. The van der Waals surface area contributed by atoms with Gasteiger partial charge in [-0.25, -0.2) is 4.79 Å². The van der Waals surface area contributed by atoms with Crippen molar-refractivity contribution in [2.75, 3.05) is 39.3 Å². The first-order valence-electron chi connectivity index (χ1n) is 8.08. The Balaban J connectivity index is 1.62. The Morgan fingerprint density at radius 2 is 1.86 bits per heavy atom. The summed E-state index contributed by atoms with van der Waals surface area (Å²) in [6.45, 7) is 7.66. The molecular weight excluding hydrogens is 262 g/mol. The summed E-state index contributed by atoms with van der Waals surface area (Å²) in [4.78, 5) is 16.3. The maximum atomic E-state index is 11.9. The third-order valence-corrected chi connectivity index (χ3v) is 3.97. The topological polar surface area (TPSA) is 35.6 Å². The van der Waals surface area contributed by atoms with Crippen LogP contribution in [0.4, 0.5) is 4.79 Å². The van der Waals surface area contributed by atoms with Gasteiger partial charge < -0.3 is 10.2 Å². The van der Waals surface area contributed by atoms with Gasteiger partial charge in [-0.15, -0.1) is 0 Å². The lowest BCUT2D eigenvalue weighted by Gasteiger charge is -2.34. The lowest BCUT2D eigenvalue weighted by molar-refractivity contribution is 0.138. The van der Waals surface area contributed by atoms with E-state index < -0.39 is 0 Å². The first-order valence-corrected chi connectivity index (χ1v) is 8.08. The van der Waals surface area contributed by atoms with Gasteiger partial charge in [0.15, 0.2) is 0 Å². The van der Waals surface area contributed by atoms with E-state index in [4.69, 9.17) is 0 Å². The van der Waals surface area contributed by atoms with Crippen molar-refractivity contribution in [3.8, 4) is 0 Å². The van der Waals surface area contributed by atoms with E-state index in [0.29, 0.717) is 0 Å². The zero-order chi connectivity index (χ0) is 14.9. The van der Waals surface area contributed by atoms with Gasteiger partial charge in [0.25, 0.3) is 0 Å². The largest absolute Gasteiger partial charge is 0.338 e. The second-order valence-corrected chi connectivity index (χ2v) is 5.65. The van der Waals surface area contributed by atoms with Crippen molar-refractivity contribution in [1.29, 1.82) is 0 Å². The van der Waals surface area contributed by atoms with Gasteiger partial charge in [0.1, 0.15) is 0 Å². The van der Waals surface area contributed by atoms with Crippen LogP contribution in [-0.2, 0) is 6.42 Å². The number of benzene rings is 1. The van der Waals surface area contributed by atoms with Gasteiger partial charge >= 0.3 is 6.03 Å². The molecule has 1 aromatic carbocycles. The predicted octanol–water partition coefficient (Wildman–Crippen LogP) is 2.36. The number of urea groups is 1. The first-order chi connectivity index (χ1) is 10.3. The van der Waals surface area contributed by atoms with E-state index in [1.54, 1.807) is 0 Å². The Labute approximate surface area is 128 Å². The number of aryl methyl sites for hydroxylation is 1. The van der Waals surface area contributed by atoms with E-state index in [1.165, 1.54) is 12.0 Å². The van der Waals surface area contributed by atoms with Crippen LogP contribution >= 0.6 is 0 Å². The summed E-state index contributed by atoms with van der Waals surface area (Å²) in [5.74, 6) is 0. The molecule has 4 heteroatoms. The maximum Gasteiger partial charge on any atom is 0.317 e. The SMILES string of the molecule is CCCNC(=O)N1CCN(CCCc2ccccc2)CC1. The molecule has 1 aliphatic heterocycles. The fourth-order valence-corrected chi connectivity index (χ4v) is 2.67. The van der Waals surface area contributed by atoms with E-state index >= 15 is 0 Å². The van der Waals surface area contributed by atoms with Gasteiger partial charge in [0.05, 0.1) is 0 Å². The molecule has 0 spiro atoms. The number of rotatable bonds is 6. The average Bonchev–Trinajstić information content (AvgIpc) is 2.54. The van der Waals surface area contributed by atoms with Gasteiger partial charge in [-0.05, 0) is 31.4 Å². The summed E-state index contributed by atoms with van der Waals surface area (Å²) in [7, 11) is 0. The molecule has 0 radical (unpaired) electrons. The maximum absolute atomic E-state index is 11.9. The highest BCUT2D eigenvalue weighted by atomic mass is 16.2. The molecule has 2 amide bonds. The number of carbonyl (C=O) groups excluding carboxylic acids is 1. The van der Waals surface area contributed by atoms with Crippen LogP contribution in [0.3, 0.4) is 0 Å². The van der Waals surface area contributed by atoms with Crippen molar-refractivity contribution >= 4 is 6.03 Å². The van der Waals surface area contributed by atoms with Crippen LogP contribution in [0, 0.1) is 0 Å². The lowest BCUT2D eigenvalue weighted by atomic mass is 10.1.